The van der Waals surface area contributed by atoms with Gasteiger partial charge >= 0.3 is 0 Å². The van der Waals surface area contributed by atoms with Crippen LogP contribution in [-0.4, -0.2) is 28.9 Å². The molecular formula is C23H21N5O4S2. The molecule has 0 fully saturated rings. The standard InChI is InChI=1S/C23H21N5O4S2/c29-21(25-16-6-8-17(9-7-16)34(31,32)27-23-24-11-13-33-23)15-5-10-18-19(14-15)26-20-4-2-1-3-12-28(20)22(18)30/h5-11,13-14H,1-4,12H2,(H,24,27)(H,25,29). The number of fused-ring (bicyclic) bond motifs is 2. The van der Waals surface area contributed by atoms with Gasteiger partial charge in [-0.2, -0.15) is 0 Å². The van der Waals surface area contributed by atoms with Crippen LogP contribution in [0.2, 0.25) is 0 Å². The smallest absolute Gasteiger partial charge is 0.263 e. The van der Waals surface area contributed by atoms with Crippen molar-refractivity contribution in [1.82, 2.24) is 14.5 Å². The second kappa shape index (κ2) is 8.99. The summed E-state index contributed by atoms with van der Waals surface area (Å²) in [6.45, 7) is 0.671. The van der Waals surface area contributed by atoms with Crippen molar-refractivity contribution < 1.29 is 13.2 Å². The highest BCUT2D eigenvalue weighted by molar-refractivity contribution is 7.93. The van der Waals surface area contributed by atoms with Crippen LogP contribution >= 0.6 is 11.3 Å². The summed E-state index contributed by atoms with van der Waals surface area (Å²) in [6, 6.07) is 10.7. The molecule has 0 atom stereocenters. The number of aryl methyl sites for hydroxylation is 1. The predicted octanol–water partition coefficient (Wildman–Crippen LogP) is 3.63. The lowest BCUT2D eigenvalue weighted by molar-refractivity contribution is 0.102. The molecule has 0 saturated carbocycles. The van der Waals surface area contributed by atoms with Crippen LogP contribution in [0.25, 0.3) is 10.9 Å². The van der Waals surface area contributed by atoms with Gasteiger partial charge in [-0.25, -0.2) is 18.4 Å². The molecule has 5 rings (SSSR count). The normalized spacial score (nSPS) is 13.8. The largest absolute Gasteiger partial charge is 0.322 e. The number of aromatic nitrogens is 3. The molecule has 2 N–H and O–H groups in total. The Kier molecular flexibility index (Phi) is 5.88. The summed E-state index contributed by atoms with van der Waals surface area (Å²) in [5.74, 6) is 0.381. The molecule has 0 saturated heterocycles. The van der Waals surface area contributed by atoms with E-state index in [4.69, 9.17) is 0 Å². The van der Waals surface area contributed by atoms with Gasteiger partial charge in [0.25, 0.3) is 21.5 Å². The lowest BCUT2D eigenvalue weighted by atomic mass is 10.1. The summed E-state index contributed by atoms with van der Waals surface area (Å²) >= 11 is 1.18. The molecule has 2 aromatic carbocycles. The van der Waals surface area contributed by atoms with Crippen LogP contribution in [0.3, 0.4) is 0 Å². The third-order valence-electron chi connectivity index (χ3n) is 5.66. The Bertz CT molecular complexity index is 1530. The highest BCUT2D eigenvalue weighted by atomic mass is 32.2. The van der Waals surface area contributed by atoms with Gasteiger partial charge in [-0.05, 0) is 55.3 Å². The minimum atomic E-state index is -3.77. The fourth-order valence-corrected chi connectivity index (χ4v) is 5.72. The van der Waals surface area contributed by atoms with Crippen molar-refractivity contribution in [2.45, 2.75) is 37.1 Å². The number of hydrogen-bond acceptors (Lipinski definition) is 7. The van der Waals surface area contributed by atoms with Crippen molar-refractivity contribution in [3.05, 3.63) is 75.8 Å². The SMILES string of the molecule is O=C(Nc1ccc(S(=O)(=O)Nc2nccs2)cc1)c1ccc2c(=O)n3c(nc2c1)CCCCC3. The Hall–Kier alpha value is -3.57. The second-order valence-corrected chi connectivity index (χ2v) is 10.5. The first-order valence-corrected chi connectivity index (χ1v) is 13.1. The van der Waals surface area contributed by atoms with E-state index in [2.05, 4.69) is 20.0 Å². The van der Waals surface area contributed by atoms with Gasteiger partial charge in [0.05, 0.1) is 15.8 Å². The molecule has 0 aliphatic carbocycles. The van der Waals surface area contributed by atoms with E-state index in [9.17, 15) is 18.0 Å². The van der Waals surface area contributed by atoms with Crippen molar-refractivity contribution in [2.24, 2.45) is 0 Å². The molecule has 0 spiro atoms. The lowest BCUT2D eigenvalue weighted by Crippen LogP contribution is -2.24. The van der Waals surface area contributed by atoms with Crippen molar-refractivity contribution in [3.8, 4) is 0 Å². The number of benzene rings is 2. The Morgan fingerprint density at radius 1 is 1.06 bits per heavy atom. The maximum absolute atomic E-state index is 12.9. The Morgan fingerprint density at radius 3 is 2.65 bits per heavy atom. The number of hydrogen-bond donors (Lipinski definition) is 2. The van der Waals surface area contributed by atoms with Gasteiger partial charge in [0, 0.05) is 35.8 Å². The van der Waals surface area contributed by atoms with Crippen molar-refractivity contribution in [3.63, 3.8) is 0 Å². The molecule has 11 heteroatoms. The molecule has 1 aliphatic rings. The highest BCUT2D eigenvalue weighted by Gasteiger charge is 2.17. The number of nitrogens with one attached hydrogen (secondary N) is 2. The van der Waals surface area contributed by atoms with E-state index in [0.717, 1.165) is 31.5 Å². The number of sulfonamides is 1. The zero-order valence-electron chi connectivity index (χ0n) is 18.0. The Balaban J connectivity index is 1.35. The number of carbonyl (C=O) groups is 1. The third-order valence-corrected chi connectivity index (χ3v) is 7.83. The van der Waals surface area contributed by atoms with Gasteiger partial charge in [0.1, 0.15) is 5.82 Å². The quantitative estimate of drug-likeness (QED) is 0.436. The van der Waals surface area contributed by atoms with E-state index in [-0.39, 0.29) is 21.5 Å². The lowest BCUT2D eigenvalue weighted by Gasteiger charge is -2.11. The molecule has 174 valence electrons. The molecular weight excluding hydrogens is 474 g/mol. The average molecular weight is 496 g/mol. The van der Waals surface area contributed by atoms with Crippen molar-refractivity contribution >= 4 is 49.0 Å². The molecule has 0 radical (unpaired) electrons. The maximum atomic E-state index is 12.9. The van der Waals surface area contributed by atoms with E-state index in [1.54, 1.807) is 28.1 Å². The topological polar surface area (TPSA) is 123 Å². The van der Waals surface area contributed by atoms with Gasteiger partial charge < -0.3 is 5.32 Å². The van der Waals surface area contributed by atoms with Gasteiger partial charge in [0.15, 0.2) is 5.13 Å². The zero-order chi connectivity index (χ0) is 23.7. The minimum absolute atomic E-state index is 0.0526. The highest BCUT2D eigenvalue weighted by Crippen LogP contribution is 2.21. The molecule has 2 aromatic heterocycles. The zero-order valence-corrected chi connectivity index (χ0v) is 19.7. The summed E-state index contributed by atoms with van der Waals surface area (Å²) in [5, 5.41) is 5.20. The van der Waals surface area contributed by atoms with Crippen LogP contribution in [0.15, 0.2) is 63.7 Å². The second-order valence-electron chi connectivity index (χ2n) is 7.95. The van der Waals surface area contributed by atoms with Crippen LogP contribution in [-0.2, 0) is 23.0 Å². The molecule has 9 nitrogen and oxygen atoms in total. The van der Waals surface area contributed by atoms with Crippen LogP contribution in [0, 0.1) is 0 Å². The molecule has 0 bridgehead atoms. The van der Waals surface area contributed by atoms with Crippen molar-refractivity contribution in [2.75, 3.05) is 10.0 Å². The summed E-state index contributed by atoms with van der Waals surface area (Å²) < 4.78 is 29.1. The first-order valence-electron chi connectivity index (χ1n) is 10.8. The Morgan fingerprint density at radius 2 is 1.88 bits per heavy atom. The number of nitrogens with zero attached hydrogens (tertiary/aromatic N) is 3. The minimum Gasteiger partial charge on any atom is -0.322 e. The number of thiazole rings is 1. The number of anilines is 2. The molecule has 1 aliphatic heterocycles. The average Bonchev–Trinajstić information content (AvgIpc) is 3.21. The summed E-state index contributed by atoms with van der Waals surface area (Å²) in [4.78, 5) is 34.3. The van der Waals surface area contributed by atoms with Crippen LogP contribution in [0.4, 0.5) is 10.8 Å². The number of amides is 1. The van der Waals surface area contributed by atoms with E-state index in [1.807, 2.05) is 0 Å². The summed E-state index contributed by atoms with van der Waals surface area (Å²) in [5.41, 5.74) is 1.23. The monoisotopic (exact) mass is 495 g/mol. The van der Waals surface area contributed by atoms with Gasteiger partial charge in [-0.15, -0.1) is 11.3 Å². The Labute approximate surface area is 199 Å². The first kappa shape index (κ1) is 22.2. The van der Waals surface area contributed by atoms with E-state index < -0.39 is 10.0 Å². The first-order chi connectivity index (χ1) is 16.4. The number of carbonyl (C=O) groups excluding carboxylic acids is 1. The fraction of sp³-hybridized carbons (Fsp3) is 0.217. The van der Waals surface area contributed by atoms with Gasteiger partial charge in [-0.3, -0.25) is 18.9 Å². The third kappa shape index (κ3) is 4.44. The van der Waals surface area contributed by atoms with E-state index >= 15 is 0 Å². The summed E-state index contributed by atoms with van der Waals surface area (Å²) in [6.07, 6.45) is 5.27. The van der Waals surface area contributed by atoms with Gasteiger partial charge in [0.2, 0.25) is 0 Å². The molecule has 34 heavy (non-hydrogen) atoms. The van der Waals surface area contributed by atoms with Gasteiger partial charge in [-0.1, -0.05) is 6.42 Å². The van der Waals surface area contributed by atoms with E-state index in [1.165, 1.54) is 41.8 Å². The van der Waals surface area contributed by atoms with E-state index in [0.29, 0.717) is 28.7 Å². The number of rotatable bonds is 5. The van der Waals surface area contributed by atoms with Crippen LogP contribution in [0.5, 0.6) is 0 Å². The summed E-state index contributed by atoms with van der Waals surface area (Å²) in [7, 11) is -3.77. The predicted molar refractivity (Wildman–Crippen MR) is 131 cm³/mol. The van der Waals surface area contributed by atoms with Crippen LogP contribution in [0.1, 0.15) is 35.4 Å². The van der Waals surface area contributed by atoms with Crippen molar-refractivity contribution in [1.29, 1.82) is 0 Å². The molecule has 1 amide bonds. The van der Waals surface area contributed by atoms with Crippen LogP contribution < -0.4 is 15.6 Å². The molecule has 3 heterocycles. The fourth-order valence-electron chi connectivity index (χ4n) is 3.93. The molecule has 4 aromatic rings. The molecule has 0 unspecified atom stereocenters. The maximum Gasteiger partial charge on any atom is 0.263 e.